The molecule has 0 aliphatic carbocycles. The molecule has 1 heterocycles. The van der Waals surface area contributed by atoms with Crippen LogP contribution in [-0.4, -0.2) is 43.0 Å². The first-order valence-electron chi connectivity index (χ1n) is 7.96. The van der Waals surface area contributed by atoms with Gasteiger partial charge in [0.2, 0.25) is 5.91 Å². The van der Waals surface area contributed by atoms with Crippen LogP contribution in [-0.2, 0) is 4.79 Å². The van der Waals surface area contributed by atoms with Gasteiger partial charge < -0.3 is 15.5 Å². The van der Waals surface area contributed by atoms with E-state index >= 15 is 0 Å². The van der Waals surface area contributed by atoms with Crippen molar-refractivity contribution < 1.29 is 4.79 Å². The Morgan fingerprint density at radius 3 is 2.67 bits per heavy atom. The number of benzene rings is 1. The summed E-state index contributed by atoms with van der Waals surface area (Å²) in [5.74, 6) is 0.0230. The van der Waals surface area contributed by atoms with Crippen molar-refractivity contribution in [1.29, 1.82) is 0 Å². The minimum Gasteiger partial charge on any atom is -0.325 e. The van der Waals surface area contributed by atoms with E-state index in [1.165, 1.54) is 32.4 Å². The molecule has 116 valence electrons. The van der Waals surface area contributed by atoms with Crippen LogP contribution < -0.4 is 10.6 Å². The lowest BCUT2D eigenvalue weighted by atomic mass is 10.1. The number of carbonyl (C=O) groups is 1. The van der Waals surface area contributed by atoms with Crippen LogP contribution in [0.4, 0.5) is 5.69 Å². The third-order valence-electron chi connectivity index (χ3n) is 4.01. The third kappa shape index (κ3) is 5.48. The van der Waals surface area contributed by atoms with Crippen molar-refractivity contribution in [3.05, 3.63) is 29.8 Å². The first kappa shape index (κ1) is 16.0. The molecule has 1 amide bonds. The molecule has 1 fully saturated rings. The molecule has 1 aliphatic heterocycles. The molecular formula is C17H27N3O. The lowest BCUT2D eigenvalue weighted by Crippen LogP contribution is -2.43. The van der Waals surface area contributed by atoms with Gasteiger partial charge in [0.15, 0.2) is 0 Å². The topological polar surface area (TPSA) is 44.4 Å². The number of nitrogens with zero attached hydrogens (tertiary/aromatic N) is 1. The van der Waals surface area contributed by atoms with Gasteiger partial charge in [0.25, 0.3) is 0 Å². The molecule has 1 aromatic rings. The molecule has 4 nitrogen and oxygen atoms in total. The van der Waals surface area contributed by atoms with Crippen molar-refractivity contribution in [3.8, 4) is 0 Å². The molecule has 1 saturated heterocycles. The number of amides is 1. The number of anilines is 1. The van der Waals surface area contributed by atoms with Gasteiger partial charge in [0.05, 0.1) is 6.54 Å². The van der Waals surface area contributed by atoms with Crippen molar-refractivity contribution in [2.75, 3.05) is 31.5 Å². The van der Waals surface area contributed by atoms with Gasteiger partial charge in [-0.25, -0.2) is 0 Å². The average Bonchev–Trinajstić information content (AvgIpc) is 2.49. The van der Waals surface area contributed by atoms with Gasteiger partial charge in [-0.1, -0.05) is 24.6 Å². The van der Waals surface area contributed by atoms with Crippen molar-refractivity contribution in [2.45, 2.75) is 39.2 Å². The number of aryl methyl sites for hydroxylation is 1. The Labute approximate surface area is 127 Å². The summed E-state index contributed by atoms with van der Waals surface area (Å²) in [5, 5.41) is 6.27. The zero-order valence-electron chi connectivity index (χ0n) is 13.2. The Morgan fingerprint density at radius 2 is 1.95 bits per heavy atom. The zero-order valence-corrected chi connectivity index (χ0v) is 13.2. The molecule has 0 bridgehead atoms. The number of piperidine rings is 1. The van der Waals surface area contributed by atoms with Gasteiger partial charge in [-0.05, 0) is 51.4 Å². The standard InChI is InChI=1S/C17H27N3O/c1-14-8-4-5-9-16(14)19-17(21)12-18-15(2)13-20-10-6-3-7-11-20/h4-5,8-9,15,18H,3,6-7,10-13H2,1-2H3,(H,19,21). The van der Waals surface area contributed by atoms with E-state index in [-0.39, 0.29) is 5.91 Å². The maximum absolute atomic E-state index is 12.0. The maximum atomic E-state index is 12.0. The summed E-state index contributed by atoms with van der Waals surface area (Å²) in [6.45, 7) is 7.93. The number of rotatable bonds is 6. The smallest absolute Gasteiger partial charge is 0.238 e. The molecule has 0 saturated carbocycles. The number of nitrogens with one attached hydrogen (secondary N) is 2. The molecule has 1 aromatic carbocycles. The number of hydrogen-bond donors (Lipinski definition) is 2. The normalized spacial score (nSPS) is 17.4. The molecule has 1 unspecified atom stereocenters. The molecule has 0 radical (unpaired) electrons. The van der Waals surface area contributed by atoms with Crippen molar-refractivity contribution in [1.82, 2.24) is 10.2 Å². The third-order valence-corrected chi connectivity index (χ3v) is 4.01. The van der Waals surface area contributed by atoms with E-state index in [2.05, 4.69) is 22.5 Å². The summed E-state index contributed by atoms with van der Waals surface area (Å²) in [7, 11) is 0. The fourth-order valence-electron chi connectivity index (χ4n) is 2.77. The van der Waals surface area contributed by atoms with Gasteiger partial charge in [0, 0.05) is 18.3 Å². The molecular weight excluding hydrogens is 262 g/mol. The van der Waals surface area contributed by atoms with Crippen LogP contribution in [0.15, 0.2) is 24.3 Å². The molecule has 1 atom stereocenters. The van der Waals surface area contributed by atoms with Gasteiger partial charge in [-0.3, -0.25) is 4.79 Å². The Balaban J connectivity index is 1.69. The molecule has 2 rings (SSSR count). The molecule has 0 aromatic heterocycles. The van der Waals surface area contributed by atoms with Crippen LogP contribution in [0.2, 0.25) is 0 Å². The van der Waals surface area contributed by atoms with Crippen LogP contribution in [0.3, 0.4) is 0 Å². The predicted octanol–water partition coefficient (Wildman–Crippen LogP) is 2.40. The lowest BCUT2D eigenvalue weighted by molar-refractivity contribution is -0.115. The fourth-order valence-corrected chi connectivity index (χ4v) is 2.77. The quantitative estimate of drug-likeness (QED) is 0.845. The number of carbonyl (C=O) groups excluding carboxylic acids is 1. The van der Waals surface area contributed by atoms with Crippen LogP contribution >= 0.6 is 0 Å². The minimum atomic E-state index is 0.0230. The van der Waals surface area contributed by atoms with Crippen molar-refractivity contribution >= 4 is 11.6 Å². The van der Waals surface area contributed by atoms with E-state index < -0.39 is 0 Å². The maximum Gasteiger partial charge on any atom is 0.238 e. The van der Waals surface area contributed by atoms with E-state index in [1.807, 2.05) is 31.2 Å². The van der Waals surface area contributed by atoms with Gasteiger partial charge >= 0.3 is 0 Å². The fraction of sp³-hybridized carbons (Fsp3) is 0.588. The largest absolute Gasteiger partial charge is 0.325 e. The number of hydrogen-bond acceptors (Lipinski definition) is 3. The monoisotopic (exact) mass is 289 g/mol. The highest BCUT2D eigenvalue weighted by atomic mass is 16.1. The van der Waals surface area contributed by atoms with Crippen LogP contribution in [0.5, 0.6) is 0 Å². The van der Waals surface area contributed by atoms with E-state index in [4.69, 9.17) is 0 Å². The Kier molecular flexibility index (Phi) is 6.21. The number of para-hydroxylation sites is 1. The first-order valence-corrected chi connectivity index (χ1v) is 7.96. The highest BCUT2D eigenvalue weighted by Gasteiger charge is 2.14. The molecule has 4 heteroatoms. The van der Waals surface area contributed by atoms with Crippen LogP contribution in [0.25, 0.3) is 0 Å². The highest BCUT2D eigenvalue weighted by molar-refractivity contribution is 5.92. The highest BCUT2D eigenvalue weighted by Crippen LogP contribution is 2.12. The zero-order chi connectivity index (χ0) is 15.1. The molecule has 2 N–H and O–H groups in total. The molecule has 21 heavy (non-hydrogen) atoms. The van der Waals surface area contributed by atoms with Gasteiger partial charge in [0.1, 0.15) is 0 Å². The summed E-state index contributed by atoms with van der Waals surface area (Å²) in [6.07, 6.45) is 3.97. The second-order valence-corrected chi connectivity index (χ2v) is 6.01. The van der Waals surface area contributed by atoms with E-state index in [0.29, 0.717) is 12.6 Å². The Hall–Kier alpha value is -1.39. The summed E-state index contributed by atoms with van der Waals surface area (Å²) in [6, 6.07) is 8.19. The molecule has 1 aliphatic rings. The average molecular weight is 289 g/mol. The summed E-state index contributed by atoms with van der Waals surface area (Å²) < 4.78 is 0. The van der Waals surface area contributed by atoms with Crippen LogP contribution in [0.1, 0.15) is 31.7 Å². The van der Waals surface area contributed by atoms with Crippen molar-refractivity contribution in [3.63, 3.8) is 0 Å². The summed E-state index contributed by atoms with van der Waals surface area (Å²) in [5.41, 5.74) is 1.99. The summed E-state index contributed by atoms with van der Waals surface area (Å²) >= 11 is 0. The van der Waals surface area contributed by atoms with Crippen LogP contribution in [0, 0.1) is 6.92 Å². The Bertz CT molecular complexity index is 455. The Morgan fingerprint density at radius 1 is 1.24 bits per heavy atom. The van der Waals surface area contributed by atoms with Gasteiger partial charge in [-0.15, -0.1) is 0 Å². The SMILES string of the molecule is Cc1ccccc1NC(=O)CNC(C)CN1CCCCC1. The van der Waals surface area contributed by atoms with E-state index in [0.717, 1.165) is 17.8 Å². The predicted molar refractivity (Wildman–Crippen MR) is 87.6 cm³/mol. The second kappa shape index (κ2) is 8.15. The molecule has 0 spiro atoms. The minimum absolute atomic E-state index is 0.0230. The van der Waals surface area contributed by atoms with Crippen molar-refractivity contribution in [2.24, 2.45) is 0 Å². The lowest BCUT2D eigenvalue weighted by Gasteiger charge is -2.29. The van der Waals surface area contributed by atoms with Gasteiger partial charge in [-0.2, -0.15) is 0 Å². The number of likely N-dealkylation sites (tertiary alicyclic amines) is 1. The van der Waals surface area contributed by atoms with E-state index in [9.17, 15) is 4.79 Å². The second-order valence-electron chi connectivity index (χ2n) is 6.01. The van der Waals surface area contributed by atoms with E-state index in [1.54, 1.807) is 0 Å². The summed E-state index contributed by atoms with van der Waals surface area (Å²) in [4.78, 5) is 14.5. The first-order chi connectivity index (χ1) is 10.1.